The van der Waals surface area contributed by atoms with Gasteiger partial charge in [-0.3, -0.25) is 9.67 Å². The summed E-state index contributed by atoms with van der Waals surface area (Å²) in [5.74, 6) is -0.342. The van der Waals surface area contributed by atoms with Crippen LogP contribution in [0.3, 0.4) is 0 Å². The van der Waals surface area contributed by atoms with Gasteiger partial charge < -0.3 is 5.32 Å². The lowest BCUT2D eigenvalue weighted by Gasteiger charge is -2.20. The van der Waals surface area contributed by atoms with Gasteiger partial charge in [-0.25, -0.2) is 4.39 Å². The molecule has 0 saturated heterocycles. The maximum absolute atomic E-state index is 12.9. The summed E-state index contributed by atoms with van der Waals surface area (Å²) >= 11 is 0. The predicted molar refractivity (Wildman–Crippen MR) is 65.3 cm³/mol. The van der Waals surface area contributed by atoms with E-state index in [0.29, 0.717) is 0 Å². The number of halogens is 1. The van der Waals surface area contributed by atoms with E-state index < -0.39 is 0 Å². The van der Waals surface area contributed by atoms with Gasteiger partial charge in [0, 0.05) is 13.1 Å². The Hall–Kier alpha value is -1.82. The van der Waals surface area contributed by atoms with Gasteiger partial charge in [0.1, 0.15) is 5.82 Å². The number of nitrogens with one attached hydrogen (secondary N) is 1. The number of pyridine rings is 1. The number of nitrogens with zero attached hydrogens (tertiary/aromatic N) is 4. The van der Waals surface area contributed by atoms with Gasteiger partial charge in [-0.05, 0) is 26.0 Å². The Morgan fingerprint density at radius 2 is 2.06 bits per heavy atom. The third kappa shape index (κ3) is 2.70. The second kappa shape index (κ2) is 5.22. The minimum absolute atomic E-state index is 0.148. The lowest BCUT2D eigenvalue weighted by molar-refractivity contribution is 0.490. The Morgan fingerprint density at radius 3 is 2.56 bits per heavy atom. The molecule has 96 valence electrons. The van der Waals surface area contributed by atoms with Crippen molar-refractivity contribution in [1.29, 1.82) is 0 Å². The molecule has 0 amide bonds. The summed E-state index contributed by atoms with van der Waals surface area (Å²) in [6, 6.07) is 3.19. The van der Waals surface area contributed by atoms with E-state index in [9.17, 15) is 4.39 Å². The molecule has 0 bridgehead atoms. The van der Waals surface area contributed by atoms with E-state index in [1.807, 2.05) is 20.9 Å². The summed E-state index contributed by atoms with van der Waals surface area (Å²) < 4.78 is 14.6. The van der Waals surface area contributed by atoms with E-state index in [0.717, 1.165) is 11.4 Å². The number of hydrogen-bond acceptors (Lipinski definition) is 4. The largest absolute Gasteiger partial charge is 0.301 e. The van der Waals surface area contributed by atoms with Crippen LogP contribution in [0.2, 0.25) is 0 Å². The molecule has 0 saturated carbocycles. The first kappa shape index (κ1) is 12.6. The van der Waals surface area contributed by atoms with Crippen LogP contribution in [0.15, 0.2) is 24.5 Å². The Morgan fingerprint density at radius 1 is 1.28 bits per heavy atom. The Labute approximate surface area is 105 Å². The standard InChI is InChI=1S/C12H16FN5/c1-8(2)16-12(11-7-15-17-18(11)3)10-5-4-9(13)6-14-10/h4-8,12,16H,1-3H3. The van der Waals surface area contributed by atoms with Crippen LogP contribution in [0.4, 0.5) is 4.39 Å². The van der Waals surface area contributed by atoms with E-state index in [1.54, 1.807) is 16.9 Å². The van der Waals surface area contributed by atoms with Crippen LogP contribution in [-0.4, -0.2) is 26.0 Å². The van der Waals surface area contributed by atoms with Gasteiger partial charge in [0.05, 0.1) is 29.8 Å². The first-order valence-corrected chi connectivity index (χ1v) is 5.80. The summed E-state index contributed by atoms with van der Waals surface area (Å²) in [7, 11) is 1.82. The third-order valence-corrected chi connectivity index (χ3v) is 2.59. The van der Waals surface area contributed by atoms with Crippen LogP contribution >= 0.6 is 0 Å². The molecule has 0 fully saturated rings. The van der Waals surface area contributed by atoms with Crippen molar-refractivity contribution >= 4 is 0 Å². The maximum Gasteiger partial charge on any atom is 0.141 e. The Balaban J connectivity index is 2.36. The lowest BCUT2D eigenvalue weighted by Crippen LogP contribution is -2.31. The van der Waals surface area contributed by atoms with Gasteiger partial charge >= 0.3 is 0 Å². The van der Waals surface area contributed by atoms with Gasteiger partial charge in [-0.2, -0.15) is 0 Å². The van der Waals surface area contributed by atoms with Crippen LogP contribution in [-0.2, 0) is 7.05 Å². The molecule has 0 aliphatic heterocycles. The van der Waals surface area contributed by atoms with E-state index >= 15 is 0 Å². The van der Waals surface area contributed by atoms with Crippen molar-refractivity contribution in [3.63, 3.8) is 0 Å². The smallest absolute Gasteiger partial charge is 0.141 e. The van der Waals surface area contributed by atoms with Crippen molar-refractivity contribution in [2.24, 2.45) is 7.05 Å². The minimum atomic E-state index is -0.342. The molecule has 0 aliphatic carbocycles. The summed E-state index contributed by atoms with van der Waals surface area (Å²) in [5, 5.41) is 11.1. The molecule has 1 atom stereocenters. The van der Waals surface area contributed by atoms with Gasteiger partial charge in [-0.1, -0.05) is 5.21 Å². The second-order valence-corrected chi connectivity index (χ2v) is 4.44. The van der Waals surface area contributed by atoms with Crippen LogP contribution in [0, 0.1) is 5.82 Å². The number of aromatic nitrogens is 4. The zero-order valence-corrected chi connectivity index (χ0v) is 10.6. The molecule has 0 aromatic carbocycles. The summed E-state index contributed by atoms with van der Waals surface area (Å²) in [6.45, 7) is 4.08. The molecule has 0 aliphatic rings. The number of hydrogen-bond donors (Lipinski definition) is 1. The van der Waals surface area contributed by atoms with Crippen molar-refractivity contribution in [1.82, 2.24) is 25.3 Å². The van der Waals surface area contributed by atoms with Gasteiger partial charge in [0.2, 0.25) is 0 Å². The monoisotopic (exact) mass is 249 g/mol. The second-order valence-electron chi connectivity index (χ2n) is 4.44. The van der Waals surface area contributed by atoms with E-state index in [-0.39, 0.29) is 17.9 Å². The molecule has 2 heterocycles. The summed E-state index contributed by atoms with van der Waals surface area (Å²) in [5.41, 5.74) is 1.64. The van der Waals surface area contributed by atoms with E-state index in [4.69, 9.17) is 0 Å². The predicted octanol–water partition coefficient (Wildman–Crippen LogP) is 1.44. The van der Waals surface area contributed by atoms with Gasteiger partial charge in [0.25, 0.3) is 0 Å². The first-order valence-electron chi connectivity index (χ1n) is 5.80. The molecule has 2 rings (SSSR count). The van der Waals surface area contributed by atoms with Crippen molar-refractivity contribution in [3.05, 3.63) is 41.7 Å². The van der Waals surface area contributed by atoms with Crippen LogP contribution in [0.1, 0.15) is 31.3 Å². The molecule has 5 nitrogen and oxygen atoms in total. The van der Waals surface area contributed by atoms with Gasteiger partial charge in [0.15, 0.2) is 0 Å². The van der Waals surface area contributed by atoms with Crippen LogP contribution < -0.4 is 5.32 Å². The molecular weight excluding hydrogens is 233 g/mol. The SMILES string of the molecule is CC(C)NC(c1ccc(F)cn1)c1cnnn1C. The van der Waals surface area contributed by atoms with Crippen molar-refractivity contribution in [2.75, 3.05) is 0 Å². The number of rotatable bonds is 4. The topological polar surface area (TPSA) is 55.6 Å². The molecule has 2 aromatic heterocycles. The lowest BCUT2D eigenvalue weighted by atomic mass is 10.1. The molecular formula is C12H16FN5. The van der Waals surface area contributed by atoms with Gasteiger partial charge in [-0.15, -0.1) is 5.10 Å². The highest BCUT2D eigenvalue weighted by molar-refractivity contribution is 5.20. The molecule has 1 N–H and O–H groups in total. The van der Waals surface area contributed by atoms with Crippen molar-refractivity contribution in [2.45, 2.75) is 25.9 Å². The fourth-order valence-corrected chi connectivity index (χ4v) is 1.77. The zero-order valence-electron chi connectivity index (χ0n) is 10.6. The van der Waals surface area contributed by atoms with Crippen LogP contribution in [0.5, 0.6) is 0 Å². The van der Waals surface area contributed by atoms with E-state index in [1.165, 1.54) is 12.3 Å². The molecule has 18 heavy (non-hydrogen) atoms. The van der Waals surface area contributed by atoms with Crippen molar-refractivity contribution < 1.29 is 4.39 Å². The number of aryl methyl sites for hydroxylation is 1. The van der Waals surface area contributed by atoms with E-state index in [2.05, 4.69) is 20.6 Å². The molecule has 0 radical (unpaired) electrons. The fourth-order valence-electron chi connectivity index (χ4n) is 1.77. The highest BCUT2D eigenvalue weighted by Gasteiger charge is 2.20. The van der Waals surface area contributed by atoms with Crippen molar-refractivity contribution in [3.8, 4) is 0 Å². The zero-order chi connectivity index (χ0) is 13.1. The molecule has 2 aromatic rings. The fraction of sp³-hybridized carbons (Fsp3) is 0.417. The average molecular weight is 249 g/mol. The third-order valence-electron chi connectivity index (χ3n) is 2.59. The highest BCUT2D eigenvalue weighted by atomic mass is 19.1. The summed E-state index contributed by atoms with van der Waals surface area (Å²) in [4.78, 5) is 4.12. The Bertz CT molecular complexity index is 505. The summed E-state index contributed by atoms with van der Waals surface area (Å²) in [6.07, 6.45) is 2.90. The molecule has 1 unspecified atom stereocenters. The highest BCUT2D eigenvalue weighted by Crippen LogP contribution is 2.19. The quantitative estimate of drug-likeness (QED) is 0.890. The van der Waals surface area contributed by atoms with Crippen LogP contribution in [0.25, 0.3) is 0 Å². The average Bonchev–Trinajstić information content (AvgIpc) is 2.73. The maximum atomic E-state index is 12.9. The Kier molecular flexibility index (Phi) is 3.66. The minimum Gasteiger partial charge on any atom is -0.301 e. The normalized spacial score (nSPS) is 12.9. The molecule has 0 spiro atoms. The first-order chi connectivity index (χ1) is 8.58. The molecule has 6 heteroatoms.